The molecule has 0 saturated heterocycles. The zero-order valence-electron chi connectivity index (χ0n) is 21.5. The molecule has 3 atom stereocenters. The van der Waals surface area contributed by atoms with Crippen molar-refractivity contribution in [1.82, 2.24) is 5.32 Å². The molecule has 196 valence electrons. The zero-order valence-corrected chi connectivity index (χ0v) is 21.5. The fourth-order valence-corrected chi connectivity index (χ4v) is 5.72. The van der Waals surface area contributed by atoms with Gasteiger partial charge in [0.1, 0.15) is 17.6 Å². The third kappa shape index (κ3) is 3.91. The lowest BCUT2D eigenvalue weighted by molar-refractivity contribution is -0.127. The molecule has 6 rings (SSSR count). The third-order valence-corrected chi connectivity index (χ3v) is 7.94. The minimum absolute atomic E-state index is 0.0384. The van der Waals surface area contributed by atoms with E-state index in [1.165, 1.54) is 7.11 Å². The fraction of sp³-hybridized carbons (Fsp3) is 0.333. The molecule has 1 N–H and O–H groups in total. The van der Waals surface area contributed by atoms with Crippen molar-refractivity contribution >= 4 is 11.9 Å². The quantitative estimate of drug-likeness (QED) is 0.488. The van der Waals surface area contributed by atoms with Crippen LogP contribution in [-0.4, -0.2) is 32.9 Å². The van der Waals surface area contributed by atoms with Crippen molar-refractivity contribution in [3.63, 3.8) is 0 Å². The van der Waals surface area contributed by atoms with Gasteiger partial charge in [-0.05, 0) is 61.2 Å². The Bertz CT molecular complexity index is 1420. The molecular weight excluding hydrogens is 486 g/mol. The van der Waals surface area contributed by atoms with Crippen LogP contribution in [0.15, 0.2) is 54.6 Å². The van der Waals surface area contributed by atoms with Crippen LogP contribution in [0.4, 0.5) is 0 Å². The van der Waals surface area contributed by atoms with E-state index in [0.717, 1.165) is 40.2 Å². The minimum atomic E-state index is -0.696. The molecule has 0 unspecified atom stereocenters. The Morgan fingerprint density at radius 2 is 1.82 bits per heavy atom. The maximum atomic E-state index is 13.9. The minimum Gasteiger partial charge on any atom is -0.497 e. The summed E-state index contributed by atoms with van der Waals surface area (Å²) in [5.41, 5.74) is 3.60. The Labute approximate surface area is 220 Å². The summed E-state index contributed by atoms with van der Waals surface area (Å²) in [6, 6.07) is 16.4. The van der Waals surface area contributed by atoms with Gasteiger partial charge in [0.05, 0.1) is 31.2 Å². The van der Waals surface area contributed by atoms with Gasteiger partial charge in [-0.25, -0.2) is 4.79 Å². The van der Waals surface area contributed by atoms with Gasteiger partial charge in [-0.3, -0.25) is 4.79 Å². The molecule has 8 heteroatoms. The number of amides is 1. The average Bonchev–Trinajstić information content (AvgIpc) is 3.57. The molecule has 0 spiro atoms. The topological polar surface area (TPSA) is 92.3 Å². The van der Waals surface area contributed by atoms with Crippen LogP contribution in [0.3, 0.4) is 0 Å². The molecule has 1 aliphatic carbocycles. The van der Waals surface area contributed by atoms with E-state index < -0.39 is 11.4 Å². The lowest BCUT2D eigenvalue weighted by Gasteiger charge is -2.35. The Morgan fingerprint density at radius 1 is 1.00 bits per heavy atom. The number of carbonyl (C=O) groups excluding carboxylic acids is 2. The molecule has 8 nitrogen and oxygen atoms in total. The number of hydrogen-bond acceptors (Lipinski definition) is 7. The van der Waals surface area contributed by atoms with E-state index in [9.17, 15) is 9.59 Å². The normalized spacial score (nSPS) is 22.6. The van der Waals surface area contributed by atoms with Crippen molar-refractivity contribution in [2.24, 2.45) is 0 Å². The predicted molar refractivity (Wildman–Crippen MR) is 138 cm³/mol. The molecular formula is C30H29NO7. The Kier molecular flexibility index (Phi) is 5.90. The lowest BCUT2D eigenvalue weighted by atomic mass is 9.82. The van der Waals surface area contributed by atoms with E-state index in [2.05, 4.69) is 5.32 Å². The maximum Gasteiger partial charge on any atom is 0.337 e. The van der Waals surface area contributed by atoms with Gasteiger partial charge in [0.2, 0.25) is 12.7 Å². The van der Waals surface area contributed by atoms with E-state index in [-0.39, 0.29) is 24.8 Å². The number of benzene rings is 3. The molecule has 3 aliphatic rings. The van der Waals surface area contributed by atoms with Crippen molar-refractivity contribution in [3.8, 4) is 23.0 Å². The summed E-state index contributed by atoms with van der Waals surface area (Å²) in [6.45, 7) is 2.20. The van der Waals surface area contributed by atoms with Crippen molar-refractivity contribution in [3.05, 3.63) is 82.4 Å². The van der Waals surface area contributed by atoms with E-state index in [1.807, 2.05) is 49.4 Å². The maximum absolute atomic E-state index is 13.9. The standard InChI is InChI=1S/C30H29NO7/c1-30(13-12-20-22(30)10-11-24-27(20)37-16-36-24)29(33)31-23-15-25(17-4-6-18(7-5-17)28(32)35-3)38-26-14-19(34-2)8-9-21(23)26/h4-11,14,23,25H,12-13,15-16H2,1-3H3,(H,31,33)/t23-,25-,30-/m1/s1. The second-order valence-electron chi connectivity index (χ2n) is 10.0. The highest BCUT2D eigenvalue weighted by atomic mass is 16.7. The molecule has 38 heavy (non-hydrogen) atoms. The highest BCUT2D eigenvalue weighted by Crippen LogP contribution is 2.49. The summed E-state index contributed by atoms with van der Waals surface area (Å²) in [7, 11) is 2.96. The summed E-state index contributed by atoms with van der Waals surface area (Å²) < 4.78 is 27.9. The number of methoxy groups -OCH3 is 2. The van der Waals surface area contributed by atoms with Crippen LogP contribution in [0, 0.1) is 0 Å². The monoisotopic (exact) mass is 515 g/mol. The first kappa shape index (κ1) is 24.2. The summed E-state index contributed by atoms with van der Waals surface area (Å²) in [6.07, 6.45) is 1.64. The summed E-state index contributed by atoms with van der Waals surface area (Å²) in [4.78, 5) is 25.8. The number of hydrogen-bond donors (Lipinski definition) is 1. The number of nitrogens with one attached hydrogen (secondary N) is 1. The van der Waals surface area contributed by atoms with E-state index >= 15 is 0 Å². The molecule has 0 bridgehead atoms. The van der Waals surface area contributed by atoms with E-state index in [4.69, 9.17) is 23.7 Å². The van der Waals surface area contributed by atoms with Crippen molar-refractivity contribution in [2.45, 2.75) is 43.7 Å². The molecule has 0 radical (unpaired) electrons. The van der Waals surface area contributed by atoms with Crippen LogP contribution < -0.4 is 24.3 Å². The van der Waals surface area contributed by atoms with Crippen molar-refractivity contribution in [1.29, 1.82) is 0 Å². The Balaban J connectivity index is 1.30. The SMILES string of the molecule is COC(=O)c1ccc([C@H]2C[C@@H](NC(=O)[C@]3(C)CCc4c3ccc3c4OCO3)c3ccc(OC)cc3O2)cc1. The molecule has 2 heterocycles. The molecule has 0 saturated carbocycles. The first-order chi connectivity index (χ1) is 18.4. The van der Waals surface area contributed by atoms with Gasteiger partial charge in [0.15, 0.2) is 11.5 Å². The van der Waals surface area contributed by atoms with Crippen LogP contribution in [0.1, 0.15) is 64.5 Å². The largest absolute Gasteiger partial charge is 0.497 e. The highest BCUT2D eigenvalue weighted by molar-refractivity contribution is 5.90. The summed E-state index contributed by atoms with van der Waals surface area (Å²) >= 11 is 0. The number of fused-ring (bicyclic) bond motifs is 4. The van der Waals surface area contributed by atoms with Gasteiger partial charge >= 0.3 is 5.97 Å². The second kappa shape index (κ2) is 9.28. The van der Waals surface area contributed by atoms with E-state index in [1.54, 1.807) is 19.2 Å². The molecule has 2 aliphatic heterocycles. The predicted octanol–water partition coefficient (Wildman–Crippen LogP) is 4.80. The number of ether oxygens (including phenoxy) is 5. The summed E-state index contributed by atoms with van der Waals surface area (Å²) in [5, 5.41) is 3.34. The first-order valence-corrected chi connectivity index (χ1v) is 12.7. The van der Waals surface area contributed by atoms with Gasteiger partial charge in [0, 0.05) is 23.6 Å². The van der Waals surface area contributed by atoms with Gasteiger partial charge < -0.3 is 29.0 Å². The molecule has 0 fully saturated rings. The van der Waals surface area contributed by atoms with Crippen LogP contribution in [0.5, 0.6) is 23.0 Å². The number of carbonyl (C=O) groups is 2. The Morgan fingerprint density at radius 3 is 2.58 bits per heavy atom. The van der Waals surface area contributed by atoms with Gasteiger partial charge in [-0.1, -0.05) is 18.2 Å². The molecule has 1 amide bonds. The van der Waals surface area contributed by atoms with E-state index in [0.29, 0.717) is 29.9 Å². The molecule has 3 aromatic rings. The van der Waals surface area contributed by atoms with Gasteiger partial charge in [0.25, 0.3) is 0 Å². The fourth-order valence-electron chi connectivity index (χ4n) is 5.72. The summed E-state index contributed by atoms with van der Waals surface area (Å²) in [5.74, 6) is 2.39. The van der Waals surface area contributed by atoms with Crippen LogP contribution in [0.2, 0.25) is 0 Å². The Hall–Kier alpha value is -4.20. The van der Waals surface area contributed by atoms with Crippen LogP contribution >= 0.6 is 0 Å². The highest BCUT2D eigenvalue weighted by Gasteiger charge is 2.45. The van der Waals surface area contributed by atoms with Crippen molar-refractivity contribution < 1.29 is 33.3 Å². The first-order valence-electron chi connectivity index (χ1n) is 12.7. The average molecular weight is 516 g/mol. The zero-order chi connectivity index (χ0) is 26.4. The van der Waals surface area contributed by atoms with Crippen LogP contribution in [0.25, 0.3) is 0 Å². The number of esters is 1. The third-order valence-electron chi connectivity index (χ3n) is 7.94. The number of rotatable bonds is 5. The smallest absolute Gasteiger partial charge is 0.337 e. The van der Waals surface area contributed by atoms with Gasteiger partial charge in [-0.15, -0.1) is 0 Å². The van der Waals surface area contributed by atoms with Crippen LogP contribution in [-0.2, 0) is 21.4 Å². The molecule has 0 aromatic heterocycles. The second-order valence-corrected chi connectivity index (χ2v) is 10.0. The van der Waals surface area contributed by atoms with Crippen molar-refractivity contribution in [2.75, 3.05) is 21.0 Å². The van der Waals surface area contributed by atoms with Gasteiger partial charge in [-0.2, -0.15) is 0 Å². The molecule has 3 aromatic carbocycles. The lowest BCUT2D eigenvalue weighted by Crippen LogP contribution is -2.44.